The van der Waals surface area contributed by atoms with E-state index in [9.17, 15) is 0 Å². The maximum atomic E-state index is 5.74. The molecule has 0 aromatic carbocycles. The summed E-state index contributed by atoms with van der Waals surface area (Å²) in [7, 11) is 1.69. The molecule has 1 saturated carbocycles. The van der Waals surface area contributed by atoms with Gasteiger partial charge in [-0.2, -0.15) is 0 Å². The Morgan fingerprint density at radius 3 is 2.50 bits per heavy atom. The van der Waals surface area contributed by atoms with Crippen LogP contribution in [0.25, 0.3) is 0 Å². The summed E-state index contributed by atoms with van der Waals surface area (Å²) < 4.78 is 10.7. The van der Waals surface area contributed by atoms with Crippen molar-refractivity contribution in [3.8, 4) is 0 Å². The van der Waals surface area contributed by atoms with Crippen LogP contribution in [0, 0.1) is 0 Å². The summed E-state index contributed by atoms with van der Waals surface area (Å²) in [5, 5.41) is 0. The van der Waals surface area contributed by atoms with Crippen molar-refractivity contribution in [2.24, 2.45) is 5.73 Å². The van der Waals surface area contributed by atoms with Crippen molar-refractivity contribution in [1.29, 1.82) is 0 Å². The zero-order valence-corrected chi connectivity index (χ0v) is 7.84. The second-order valence-electron chi connectivity index (χ2n) is 3.42. The van der Waals surface area contributed by atoms with Crippen molar-refractivity contribution in [3.63, 3.8) is 0 Å². The molecule has 2 N–H and O–H groups in total. The van der Waals surface area contributed by atoms with Gasteiger partial charge in [-0.1, -0.05) is 0 Å². The molecule has 0 heterocycles. The van der Waals surface area contributed by atoms with E-state index in [0.29, 0.717) is 13.2 Å². The van der Waals surface area contributed by atoms with E-state index in [4.69, 9.17) is 15.2 Å². The lowest BCUT2D eigenvalue weighted by atomic mass is 9.77. The Morgan fingerprint density at radius 1 is 1.33 bits per heavy atom. The number of hydrogen-bond acceptors (Lipinski definition) is 3. The first-order chi connectivity index (χ1) is 5.83. The lowest BCUT2D eigenvalue weighted by Crippen LogP contribution is -2.42. The number of methoxy groups -OCH3 is 1. The first-order valence-corrected chi connectivity index (χ1v) is 4.66. The zero-order chi connectivity index (χ0) is 8.86. The zero-order valence-electron chi connectivity index (χ0n) is 7.84. The molecule has 0 amide bonds. The number of nitrogens with two attached hydrogens (primary N) is 1. The summed E-state index contributed by atoms with van der Waals surface area (Å²) >= 11 is 0. The van der Waals surface area contributed by atoms with E-state index < -0.39 is 0 Å². The highest BCUT2D eigenvalue weighted by Crippen LogP contribution is 2.37. The van der Waals surface area contributed by atoms with E-state index in [0.717, 1.165) is 13.0 Å². The molecule has 0 atom stereocenters. The monoisotopic (exact) mass is 173 g/mol. The smallest absolute Gasteiger partial charge is 0.0707 e. The minimum Gasteiger partial charge on any atom is -0.382 e. The first-order valence-electron chi connectivity index (χ1n) is 4.66. The molecule has 0 radical (unpaired) electrons. The summed E-state index contributed by atoms with van der Waals surface area (Å²) in [5.41, 5.74) is 5.64. The number of rotatable bonds is 6. The lowest BCUT2D eigenvalue weighted by molar-refractivity contribution is -0.114. The molecule has 0 unspecified atom stereocenters. The average molecular weight is 173 g/mol. The van der Waals surface area contributed by atoms with E-state index in [1.165, 1.54) is 19.3 Å². The molecule has 1 rings (SSSR count). The van der Waals surface area contributed by atoms with Gasteiger partial charge in [0.25, 0.3) is 0 Å². The predicted octanol–water partition coefficient (Wildman–Crippen LogP) is 0.921. The van der Waals surface area contributed by atoms with Gasteiger partial charge in [-0.3, -0.25) is 0 Å². The maximum absolute atomic E-state index is 5.74. The molecular formula is C9H19NO2. The van der Waals surface area contributed by atoms with Crippen molar-refractivity contribution in [2.75, 3.05) is 26.9 Å². The summed E-state index contributed by atoms with van der Waals surface area (Å²) in [6, 6.07) is 0. The second-order valence-corrected chi connectivity index (χ2v) is 3.42. The van der Waals surface area contributed by atoms with Gasteiger partial charge < -0.3 is 15.2 Å². The van der Waals surface area contributed by atoms with Crippen LogP contribution in [-0.2, 0) is 9.47 Å². The molecule has 0 aromatic heterocycles. The minimum absolute atomic E-state index is 0.118. The molecular weight excluding hydrogens is 154 g/mol. The molecule has 0 bridgehead atoms. The third kappa shape index (κ3) is 2.44. The fourth-order valence-electron chi connectivity index (χ4n) is 1.64. The van der Waals surface area contributed by atoms with Gasteiger partial charge in [-0.05, 0) is 32.2 Å². The molecule has 3 heteroatoms. The summed E-state index contributed by atoms with van der Waals surface area (Å²) in [6.45, 7) is 2.12. The Kier molecular flexibility index (Phi) is 3.98. The highest BCUT2D eigenvalue weighted by molar-refractivity contribution is 4.89. The summed E-state index contributed by atoms with van der Waals surface area (Å²) in [6.07, 6.45) is 4.63. The first kappa shape index (κ1) is 9.96. The third-order valence-corrected chi connectivity index (χ3v) is 2.56. The normalized spacial score (nSPS) is 20.5. The van der Waals surface area contributed by atoms with Crippen LogP contribution in [0.4, 0.5) is 0 Å². The van der Waals surface area contributed by atoms with Crippen molar-refractivity contribution in [2.45, 2.75) is 31.3 Å². The Hall–Kier alpha value is -0.120. The maximum Gasteiger partial charge on any atom is 0.0707 e. The third-order valence-electron chi connectivity index (χ3n) is 2.56. The molecule has 3 nitrogen and oxygen atoms in total. The number of hydrogen-bond donors (Lipinski definition) is 1. The van der Waals surface area contributed by atoms with Crippen molar-refractivity contribution < 1.29 is 9.47 Å². The van der Waals surface area contributed by atoms with Crippen LogP contribution < -0.4 is 5.73 Å². The summed E-state index contributed by atoms with van der Waals surface area (Å²) in [5.74, 6) is 0. The second kappa shape index (κ2) is 4.80. The van der Waals surface area contributed by atoms with E-state index >= 15 is 0 Å². The largest absolute Gasteiger partial charge is 0.382 e. The quantitative estimate of drug-likeness (QED) is 0.607. The Balaban J connectivity index is 2.15. The van der Waals surface area contributed by atoms with Crippen LogP contribution in [0.2, 0.25) is 0 Å². The highest BCUT2D eigenvalue weighted by Gasteiger charge is 2.36. The Labute approximate surface area is 74.2 Å². The fourth-order valence-corrected chi connectivity index (χ4v) is 1.64. The molecule has 1 aliphatic carbocycles. The Bertz CT molecular complexity index is 124. The van der Waals surface area contributed by atoms with Gasteiger partial charge in [-0.15, -0.1) is 0 Å². The van der Waals surface area contributed by atoms with Gasteiger partial charge in [0.1, 0.15) is 0 Å². The number of ether oxygens (including phenoxy) is 2. The van der Waals surface area contributed by atoms with Crippen molar-refractivity contribution in [3.05, 3.63) is 0 Å². The van der Waals surface area contributed by atoms with Gasteiger partial charge in [0.05, 0.1) is 18.8 Å². The van der Waals surface area contributed by atoms with Crippen LogP contribution in [0.5, 0.6) is 0 Å². The molecule has 0 spiro atoms. The van der Waals surface area contributed by atoms with Crippen LogP contribution in [0.3, 0.4) is 0 Å². The fraction of sp³-hybridized carbons (Fsp3) is 1.00. The lowest BCUT2D eigenvalue weighted by Gasteiger charge is -2.41. The standard InChI is InChI=1S/C9H19NO2/c1-11-7-8-12-9(5-6-10)3-2-4-9/h2-8,10H2,1H3. The molecule has 0 aliphatic heterocycles. The molecule has 72 valence electrons. The summed E-state index contributed by atoms with van der Waals surface area (Å²) in [4.78, 5) is 0. The minimum atomic E-state index is 0.118. The Morgan fingerprint density at radius 2 is 2.08 bits per heavy atom. The highest BCUT2D eigenvalue weighted by atomic mass is 16.5. The van der Waals surface area contributed by atoms with Crippen LogP contribution in [0.15, 0.2) is 0 Å². The van der Waals surface area contributed by atoms with Crippen LogP contribution >= 0.6 is 0 Å². The van der Waals surface area contributed by atoms with Crippen LogP contribution in [0.1, 0.15) is 25.7 Å². The van der Waals surface area contributed by atoms with Gasteiger partial charge in [-0.25, -0.2) is 0 Å². The van der Waals surface area contributed by atoms with E-state index in [1.807, 2.05) is 0 Å². The average Bonchev–Trinajstić information content (AvgIpc) is 2.00. The van der Waals surface area contributed by atoms with Crippen molar-refractivity contribution >= 4 is 0 Å². The van der Waals surface area contributed by atoms with Gasteiger partial charge in [0, 0.05) is 7.11 Å². The van der Waals surface area contributed by atoms with E-state index in [1.54, 1.807) is 7.11 Å². The molecule has 12 heavy (non-hydrogen) atoms. The molecule has 1 fully saturated rings. The molecule has 1 aliphatic rings. The predicted molar refractivity (Wildman–Crippen MR) is 48.1 cm³/mol. The van der Waals surface area contributed by atoms with Crippen LogP contribution in [-0.4, -0.2) is 32.5 Å². The topological polar surface area (TPSA) is 44.5 Å². The SMILES string of the molecule is COCCOC1(CCN)CCC1. The molecule has 0 aromatic rings. The van der Waals surface area contributed by atoms with E-state index in [-0.39, 0.29) is 5.60 Å². The van der Waals surface area contributed by atoms with Gasteiger partial charge in [0.15, 0.2) is 0 Å². The van der Waals surface area contributed by atoms with E-state index in [2.05, 4.69) is 0 Å². The molecule has 0 saturated heterocycles. The van der Waals surface area contributed by atoms with Crippen molar-refractivity contribution in [1.82, 2.24) is 0 Å². The van der Waals surface area contributed by atoms with Gasteiger partial charge in [0.2, 0.25) is 0 Å². The van der Waals surface area contributed by atoms with Gasteiger partial charge >= 0.3 is 0 Å².